The van der Waals surface area contributed by atoms with Crippen molar-refractivity contribution in [3.8, 4) is 0 Å². The van der Waals surface area contributed by atoms with E-state index in [-0.39, 0.29) is 17.6 Å². The van der Waals surface area contributed by atoms with Crippen LogP contribution in [0.5, 0.6) is 0 Å². The Hall–Kier alpha value is -1.29. The first-order valence-electron chi connectivity index (χ1n) is 6.24. The lowest BCUT2D eigenvalue weighted by Crippen LogP contribution is -2.29. The lowest BCUT2D eigenvalue weighted by atomic mass is 10.1. The highest BCUT2D eigenvalue weighted by molar-refractivity contribution is 8.13. The molecule has 1 amide bonds. The molecule has 96 valence electrons. The quantitative estimate of drug-likeness (QED) is 0.766. The van der Waals surface area contributed by atoms with Crippen LogP contribution in [0.1, 0.15) is 29.3 Å². The van der Waals surface area contributed by atoms with Crippen LogP contribution in [0.2, 0.25) is 0 Å². The minimum absolute atomic E-state index is 0.0194. The monoisotopic (exact) mass is 263 g/mol. The number of Topliss-reactive ketones (excluding diaryl/α,β-unsaturated/α-hetero) is 1. The molecule has 0 atom stereocenters. The van der Waals surface area contributed by atoms with Crippen LogP contribution >= 0.6 is 11.8 Å². The van der Waals surface area contributed by atoms with E-state index >= 15 is 0 Å². The topological polar surface area (TPSA) is 37.4 Å². The zero-order chi connectivity index (χ0) is 13.0. The van der Waals surface area contributed by atoms with E-state index in [2.05, 4.69) is 6.92 Å². The highest BCUT2D eigenvalue weighted by Gasteiger charge is 2.23. The van der Waals surface area contributed by atoms with E-state index in [9.17, 15) is 9.59 Å². The van der Waals surface area contributed by atoms with Crippen molar-refractivity contribution in [3.05, 3.63) is 35.4 Å². The SMILES string of the molecule is CCCc1ccc(C(=O)CN2CCSC2=O)cc1. The minimum Gasteiger partial charge on any atom is -0.325 e. The number of benzene rings is 1. The summed E-state index contributed by atoms with van der Waals surface area (Å²) >= 11 is 1.29. The van der Waals surface area contributed by atoms with Crippen LogP contribution in [0, 0.1) is 0 Å². The maximum atomic E-state index is 12.0. The second-order valence-corrected chi connectivity index (χ2v) is 5.45. The first-order chi connectivity index (χ1) is 8.70. The second-order valence-electron chi connectivity index (χ2n) is 4.41. The first kappa shape index (κ1) is 13.1. The number of rotatable bonds is 5. The molecule has 1 aromatic rings. The fourth-order valence-corrected chi connectivity index (χ4v) is 2.80. The summed E-state index contributed by atoms with van der Waals surface area (Å²) in [6.07, 6.45) is 2.14. The predicted octanol–water partition coefficient (Wildman–Crippen LogP) is 2.99. The molecular weight excluding hydrogens is 246 g/mol. The number of hydrogen-bond donors (Lipinski definition) is 0. The van der Waals surface area contributed by atoms with Crippen LogP contribution in [-0.2, 0) is 6.42 Å². The molecule has 1 aliphatic heterocycles. The van der Waals surface area contributed by atoms with Gasteiger partial charge in [0.05, 0.1) is 6.54 Å². The summed E-state index contributed by atoms with van der Waals surface area (Å²) in [7, 11) is 0. The van der Waals surface area contributed by atoms with Gasteiger partial charge in [-0.15, -0.1) is 0 Å². The van der Waals surface area contributed by atoms with E-state index in [0.717, 1.165) is 18.6 Å². The number of hydrogen-bond acceptors (Lipinski definition) is 3. The third-order valence-corrected chi connectivity index (χ3v) is 3.89. The zero-order valence-electron chi connectivity index (χ0n) is 10.5. The van der Waals surface area contributed by atoms with Gasteiger partial charge in [0.2, 0.25) is 0 Å². The van der Waals surface area contributed by atoms with E-state index in [4.69, 9.17) is 0 Å². The first-order valence-corrected chi connectivity index (χ1v) is 7.23. The van der Waals surface area contributed by atoms with Gasteiger partial charge in [-0.25, -0.2) is 0 Å². The molecule has 1 aromatic carbocycles. The Labute approximate surface area is 112 Å². The number of ketones is 1. The molecule has 1 aliphatic rings. The minimum atomic E-state index is 0.0194. The summed E-state index contributed by atoms with van der Waals surface area (Å²) in [5.41, 5.74) is 1.95. The number of carbonyl (C=O) groups excluding carboxylic acids is 2. The van der Waals surface area contributed by atoms with Gasteiger partial charge in [-0.2, -0.15) is 0 Å². The third kappa shape index (κ3) is 3.13. The molecule has 0 bridgehead atoms. The Morgan fingerprint density at radius 3 is 2.61 bits per heavy atom. The molecule has 0 N–H and O–H groups in total. The molecule has 2 rings (SSSR count). The molecule has 18 heavy (non-hydrogen) atoms. The van der Waals surface area contributed by atoms with Gasteiger partial charge in [-0.1, -0.05) is 49.4 Å². The molecule has 0 aliphatic carbocycles. The summed E-state index contributed by atoms with van der Waals surface area (Å²) < 4.78 is 0. The van der Waals surface area contributed by atoms with E-state index in [1.165, 1.54) is 17.3 Å². The van der Waals surface area contributed by atoms with Crippen molar-refractivity contribution in [2.45, 2.75) is 19.8 Å². The Kier molecular flexibility index (Phi) is 4.42. The summed E-state index contributed by atoms with van der Waals surface area (Å²) in [6.45, 7) is 3.03. The second kappa shape index (κ2) is 6.05. The van der Waals surface area contributed by atoms with Gasteiger partial charge in [-0.3, -0.25) is 9.59 Å². The Morgan fingerprint density at radius 2 is 2.06 bits per heavy atom. The van der Waals surface area contributed by atoms with Crippen molar-refractivity contribution in [1.29, 1.82) is 0 Å². The van der Waals surface area contributed by atoms with Crippen molar-refractivity contribution in [1.82, 2.24) is 4.90 Å². The summed E-state index contributed by atoms with van der Waals surface area (Å²) in [5, 5.41) is 0.0194. The van der Waals surface area contributed by atoms with Gasteiger partial charge in [0.25, 0.3) is 5.24 Å². The lowest BCUT2D eigenvalue weighted by Gasteiger charge is -2.13. The zero-order valence-corrected chi connectivity index (χ0v) is 11.3. The number of amides is 1. The molecule has 0 radical (unpaired) electrons. The van der Waals surface area contributed by atoms with Crippen molar-refractivity contribution >= 4 is 22.8 Å². The van der Waals surface area contributed by atoms with Crippen LogP contribution in [-0.4, -0.2) is 34.8 Å². The molecule has 1 saturated heterocycles. The molecule has 0 saturated carbocycles. The third-order valence-electron chi connectivity index (χ3n) is 2.99. The number of carbonyl (C=O) groups is 2. The molecular formula is C14H17NO2S. The molecule has 1 fully saturated rings. The van der Waals surface area contributed by atoms with Crippen LogP contribution in [0.15, 0.2) is 24.3 Å². The van der Waals surface area contributed by atoms with E-state index in [1.807, 2.05) is 24.3 Å². The van der Waals surface area contributed by atoms with E-state index < -0.39 is 0 Å². The van der Waals surface area contributed by atoms with Crippen molar-refractivity contribution in [2.75, 3.05) is 18.8 Å². The number of thioether (sulfide) groups is 1. The summed E-state index contributed by atoms with van der Waals surface area (Å²) in [6, 6.07) is 7.72. The number of nitrogens with zero attached hydrogens (tertiary/aromatic N) is 1. The molecule has 1 heterocycles. The fraction of sp³-hybridized carbons (Fsp3) is 0.429. The highest BCUT2D eigenvalue weighted by Crippen LogP contribution is 2.17. The van der Waals surface area contributed by atoms with Crippen molar-refractivity contribution in [2.24, 2.45) is 0 Å². The van der Waals surface area contributed by atoms with Crippen LogP contribution in [0.4, 0.5) is 4.79 Å². The molecule has 0 aromatic heterocycles. The van der Waals surface area contributed by atoms with E-state index in [1.54, 1.807) is 4.90 Å². The van der Waals surface area contributed by atoms with E-state index in [0.29, 0.717) is 12.1 Å². The van der Waals surface area contributed by atoms with Gasteiger partial charge in [0.15, 0.2) is 5.78 Å². The molecule has 0 unspecified atom stereocenters. The maximum absolute atomic E-state index is 12.0. The fourth-order valence-electron chi connectivity index (χ4n) is 1.98. The molecule has 3 nitrogen and oxygen atoms in total. The van der Waals surface area contributed by atoms with Gasteiger partial charge in [-0.05, 0) is 12.0 Å². The van der Waals surface area contributed by atoms with Gasteiger partial charge < -0.3 is 4.90 Å². The average Bonchev–Trinajstić information content (AvgIpc) is 2.76. The van der Waals surface area contributed by atoms with Crippen molar-refractivity contribution in [3.63, 3.8) is 0 Å². The Bertz CT molecular complexity index is 442. The summed E-state index contributed by atoms with van der Waals surface area (Å²) in [5.74, 6) is 0.815. The predicted molar refractivity (Wildman–Crippen MR) is 74.2 cm³/mol. The van der Waals surface area contributed by atoms with Gasteiger partial charge in [0.1, 0.15) is 0 Å². The Morgan fingerprint density at radius 1 is 1.33 bits per heavy atom. The Balaban J connectivity index is 1.98. The average molecular weight is 263 g/mol. The molecule has 4 heteroatoms. The highest BCUT2D eigenvalue weighted by atomic mass is 32.2. The number of aryl methyl sites for hydroxylation is 1. The van der Waals surface area contributed by atoms with Crippen LogP contribution in [0.3, 0.4) is 0 Å². The molecule has 0 spiro atoms. The smallest absolute Gasteiger partial charge is 0.282 e. The van der Waals surface area contributed by atoms with Crippen molar-refractivity contribution < 1.29 is 9.59 Å². The standard InChI is InChI=1S/C14H17NO2S/c1-2-3-11-4-6-12(7-5-11)13(16)10-15-8-9-18-14(15)17/h4-7H,2-3,8-10H2,1H3. The normalized spacial score (nSPS) is 15.2. The van der Waals surface area contributed by atoms with Crippen LogP contribution in [0.25, 0.3) is 0 Å². The van der Waals surface area contributed by atoms with Crippen LogP contribution < -0.4 is 0 Å². The summed E-state index contributed by atoms with van der Waals surface area (Å²) in [4.78, 5) is 25.0. The van der Waals surface area contributed by atoms with Gasteiger partial charge in [0, 0.05) is 17.9 Å². The lowest BCUT2D eigenvalue weighted by molar-refractivity contribution is 0.0956. The van der Waals surface area contributed by atoms with Gasteiger partial charge >= 0.3 is 0 Å². The maximum Gasteiger partial charge on any atom is 0.282 e. The largest absolute Gasteiger partial charge is 0.325 e.